The summed E-state index contributed by atoms with van der Waals surface area (Å²) in [5.41, 5.74) is 1.82. The van der Waals surface area contributed by atoms with E-state index in [1.54, 1.807) is 6.21 Å². The van der Waals surface area contributed by atoms with Crippen molar-refractivity contribution in [2.24, 2.45) is 10.2 Å². The van der Waals surface area contributed by atoms with E-state index in [0.29, 0.717) is 12.4 Å². The molecular weight excluding hydrogens is 414 g/mol. The van der Waals surface area contributed by atoms with E-state index < -0.39 is 11.2 Å². The number of nitrogens with one attached hydrogen (secondary N) is 1. The molecule has 3 aromatic carbocycles. The molecule has 7 nitrogen and oxygen atoms in total. The van der Waals surface area contributed by atoms with Gasteiger partial charge in [-0.25, -0.2) is 0 Å². The van der Waals surface area contributed by atoms with Gasteiger partial charge in [0.1, 0.15) is 17.6 Å². The van der Waals surface area contributed by atoms with Gasteiger partial charge in [0.15, 0.2) is 5.17 Å². The highest BCUT2D eigenvalue weighted by Crippen LogP contribution is 2.24. The van der Waals surface area contributed by atoms with Gasteiger partial charge in [0, 0.05) is 5.56 Å². The van der Waals surface area contributed by atoms with Gasteiger partial charge < -0.3 is 15.2 Å². The van der Waals surface area contributed by atoms with Crippen molar-refractivity contribution in [3.63, 3.8) is 0 Å². The number of aliphatic carboxylic acids is 1. The third-order valence-electron chi connectivity index (χ3n) is 4.66. The number of hydrogen-bond donors (Lipinski definition) is 2. The monoisotopic (exact) mass is 433 g/mol. The summed E-state index contributed by atoms with van der Waals surface area (Å²) in [5.74, 6) is -0.749. The summed E-state index contributed by atoms with van der Waals surface area (Å²) in [6.07, 6.45) is 1.28. The topological polar surface area (TPSA) is 100 Å². The lowest BCUT2D eigenvalue weighted by molar-refractivity contribution is -0.138. The number of para-hydroxylation sites is 1. The van der Waals surface area contributed by atoms with Gasteiger partial charge in [-0.1, -0.05) is 66.4 Å². The van der Waals surface area contributed by atoms with Crippen LogP contribution < -0.4 is 10.1 Å². The number of carbonyl (C=O) groups is 2. The number of amidine groups is 1. The lowest BCUT2D eigenvalue weighted by Gasteiger charge is -2.11. The molecule has 4 rings (SSSR count). The second kappa shape index (κ2) is 9.44. The Morgan fingerprint density at radius 3 is 2.74 bits per heavy atom. The molecule has 1 atom stereocenters. The number of hydrogen-bond acceptors (Lipinski definition) is 6. The van der Waals surface area contributed by atoms with Crippen molar-refractivity contribution in [3.05, 3.63) is 77.9 Å². The van der Waals surface area contributed by atoms with E-state index in [2.05, 4.69) is 33.7 Å². The summed E-state index contributed by atoms with van der Waals surface area (Å²) in [7, 11) is 0. The Kier molecular flexibility index (Phi) is 6.28. The first-order valence-electron chi connectivity index (χ1n) is 9.59. The van der Waals surface area contributed by atoms with Crippen LogP contribution in [0.25, 0.3) is 10.8 Å². The van der Waals surface area contributed by atoms with E-state index in [1.807, 2.05) is 48.5 Å². The fraction of sp³-hybridized carbons (Fsp3) is 0.130. The molecule has 8 heteroatoms. The minimum absolute atomic E-state index is 0.260. The molecule has 0 radical (unpaired) electrons. The lowest BCUT2D eigenvalue weighted by atomic mass is 10.1. The van der Waals surface area contributed by atoms with Crippen LogP contribution in [-0.4, -0.2) is 33.6 Å². The maximum atomic E-state index is 11.8. The van der Waals surface area contributed by atoms with Crippen molar-refractivity contribution in [2.75, 3.05) is 0 Å². The molecule has 156 valence electrons. The first-order valence-corrected chi connectivity index (χ1v) is 10.5. The summed E-state index contributed by atoms with van der Waals surface area (Å²) in [4.78, 5) is 22.6. The normalized spacial score (nSPS) is 17.4. The zero-order valence-corrected chi connectivity index (χ0v) is 17.2. The average molecular weight is 433 g/mol. The van der Waals surface area contributed by atoms with Gasteiger partial charge in [-0.05, 0) is 28.5 Å². The van der Waals surface area contributed by atoms with Gasteiger partial charge in [-0.2, -0.15) is 5.10 Å². The highest BCUT2D eigenvalue weighted by atomic mass is 32.2. The third-order valence-corrected chi connectivity index (χ3v) is 5.74. The van der Waals surface area contributed by atoms with Crippen molar-refractivity contribution < 1.29 is 19.4 Å². The quantitative estimate of drug-likeness (QED) is 0.436. The third kappa shape index (κ3) is 5.10. The summed E-state index contributed by atoms with van der Waals surface area (Å²) in [6, 6.07) is 21.7. The van der Waals surface area contributed by atoms with E-state index >= 15 is 0 Å². The molecule has 1 fully saturated rings. The summed E-state index contributed by atoms with van der Waals surface area (Å²) in [5, 5.41) is 21.3. The molecule has 0 aromatic heterocycles. The number of thioether (sulfide) groups is 1. The van der Waals surface area contributed by atoms with Gasteiger partial charge in [-0.3, -0.25) is 9.59 Å². The number of carbonyl (C=O) groups excluding carboxylic acids is 1. The number of carboxylic acids is 1. The van der Waals surface area contributed by atoms with E-state index in [9.17, 15) is 9.59 Å². The SMILES string of the molecule is O=C(O)CC1S/C(=N/N=C/c2ccccc2OCc2cccc3ccccc23)NC1=O. The van der Waals surface area contributed by atoms with Crippen molar-refractivity contribution in [2.45, 2.75) is 18.3 Å². The Balaban J connectivity index is 1.45. The number of rotatable bonds is 7. The molecule has 0 saturated carbocycles. The molecule has 1 unspecified atom stereocenters. The van der Waals surface area contributed by atoms with Crippen LogP contribution in [0.15, 0.2) is 76.9 Å². The molecule has 3 aromatic rings. The first-order chi connectivity index (χ1) is 15.1. The molecule has 0 aliphatic carbocycles. The van der Waals surface area contributed by atoms with Gasteiger partial charge in [0.05, 0.1) is 12.6 Å². The van der Waals surface area contributed by atoms with Crippen LogP contribution in [0, 0.1) is 0 Å². The second-order valence-corrected chi connectivity index (χ2v) is 8.00. The van der Waals surface area contributed by atoms with E-state index in [0.717, 1.165) is 33.7 Å². The molecule has 1 saturated heterocycles. The zero-order valence-electron chi connectivity index (χ0n) is 16.4. The minimum atomic E-state index is -1.03. The molecule has 1 amide bonds. The minimum Gasteiger partial charge on any atom is -0.488 e. The van der Waals surface area contributed by atoms with E-state index in [-0.39, 0.29) is 17.5 Å². The van der Waals surface area contributed by atoms with Crippen molar-refractivity contribution in [1.82, 2.24) is 5.32 Å². The highest BCUT2D eigenvalue weighted by Gasteiger charge is 2.32. The van der Waals surface area contributed by atoms with Crippen molar-refractivity contribution in [1.29, 1.82) is 0 Å². The predicted molar refractivity (Wildman–Crippen MR) is 122 cm³/mol. The molecule has 2 N–H and O–H groups in total. The molecular formula is C23H19N3O4S. The van der Waals surface area contributed by atoms with Crippen molar-refractivity contribution in [3.8, 4) is 5.75 Å². The highest BCUT2D eigenvalue weighted by molar-refractivity contribution is 8.15. The summed E-state index contributed by atoms with van der Waals surface area (Å²) < 4.78 is 6.05. The Bertz CT molecular complexity index is 1190. The Labute approximate surface area is 182 Å². The van der Waals surface area contributed by atoms with Crippen LogP contribution >= 0.6 is 11.8 Å². The molecule has 0 spiro atoms. The molecule has 1 aliphatic rings. The Morgan fingerprint density at radius 1 is 1.10 bits per heavy atom. The standard InChI is InChI=1S/C23H19N3O4S/c27-21(28)12-20-22(29)25-23(31-20)26-24-13-16-7-2-4-11-19(16)30-14-17-9-5-8-15-6-1-3-10-18(15)17/h1-11,13,20H,12,14H2,(H,27,28)(H,25,26,29)/b24-13+. The van der Waals surface area contributed by atoms with Gasteiger partial charge in [0.25, 0.3) is 0 Å². The fourth-order valence-electron chi connectivity index (χ4n) is 3.18. The summed E-state index contributed by atoms with van der Waals surface area (Å²) >= 11 is 1.06. The second-order valence-electron chi connectivity index (χ2n) is 6.81. The smallest absolute Gasteiger partial charge is 0.305 e. The largest absolute Gasteiger partial charge is 0.488 e. The van der Waals surface area contributed by atoms with Gasteiger partial charge >= 0.3 is 5.97 Å². The van der Waals surface area contributed by atoms with Gasteiger partial charge in [-0.15, -0.1) is 5.10 Å². The fourth-order valence-corrected chi connectivity index (χ4v) is 4.10. The number of fused-ring (bicyclic) bond motifs is 1. The van der Waals surface area contributed by atoms with Crippen LogP contribution in [0.1, 0.15) is 17.5 Å². The van der Waals surface area contributed by atoms with Crippen LogP contribution in [-0.2, 0) is 16.2 Å². The first kappa shape index (κ1) is 20.6. The van der Waals surface area contributed by atoms with Crippen LogP contribution in [0.4, 0.5) is 0 Å². The van der Waals surface area contributed by atoms with Crippen LogP contribution in [0.3, 0.4) is 0 Å². The van der Waals surface area contributed by atoms with Crippen LogP contribution in [0.2, 0.25) is 0 Å². The maximum absolute atomic E-state index is 11.8. The number of ether oxygens (including phenoxy) is 1. The molecule has 1 heterocycles. The molecule has 0 bridgehead atoms. The molecule has 31 heavy (non-hydrogen) atoms. The Hall–Kier alpha value is -3.65. The number of carboxylic acid groups (broad SMARTS) is 1. The number of amides is 1. The van der Waals surface area contributed by atoms with Gasteiger partial charge in [0.2, 0.25) is 5.91 Å². The van der Waals surface area contributed by atoms with E-state index in [4.69, 9.17) is 9.84 Å². The maximum Gasteiger partial charge on any atom is 0.305 e. The predicted octanol–water partition coefficient (Wildman–Crippen LogP) is 3.82. The zero-order chi connectivity index (χ0) is 21.6. The average Bonchev–Trinajstić information content (AvgIpc) is 3.11. The van der Waals surface area contributed by atoms with Crippen molar-refractivity contribution >= 4 is 45.8 Å². The molecule has 1 aliphatic heterocycles. The Morgan fingerprint density at radius 2 is 1.87 bits per heavy atom. The van der Waals surface area contributed by atoms with Crippen LogP contribution in [0.5, 0.6) is 5.75 Å². The number of nitrogens with zero attached hydrogens (tertiary/aromatic N) is 2. The summed E-state index contributed by atoms with van der Waals surface area (Å²) in [6.45, 7) is 0.406. The lowest BCUT2D eigenvalue weighted by Crippen LogP contribution is -2.26. The van der Waals surface area contributed by atoms with E-state index in [1.165, 1.54) is 0 Å². The number of benzene rings is 3.